The van der Waals surface area contributed by atoms with E-state index in [1.54, 1.807) is 0 Å². The molecule has 3 aromatic rings. The van der Waals surface area contributed by atoms with E-state index in [2.05, 4.69) is 54.2 Å². The number of aromatic nitrogens is 4. The lowest BCUT2D eigenvalue weighted by molar-refractivity contribution is -0.688. The van der Waals surface area contributed by atoms with Crippen molar-refractivity contribution in [1.29, 1.82) is 0 Å². The predicted molar refractivity (Wildman–Crippen MR) is 195 cm³/mol. The molecule has 0 saturated heterocycles. The molecule has 284 valence electrons. The van der Waals surface area contributed by atoms with Crippen LogP contribution in [0.3, 0.4) is 0 Å². The SMILES string of the molecule is COC(=O)CC[C@@H](C)[C@H]1CC[C@H]2[C@@H]3CC[C@@H]4C[C@H]5CC[C@]4(C)[C@H]3C[C@H](OC(=O)Cn3cc[n+](c3)Cc3ccc(cc3)C[n+]3ccn(c3)CC(=O)O5)[C@]12C. The van der Waals surface area contributed by atoms with Crippen molar-refractivity contribution in [2.24, 2.45) is 46.3 Å². The van der Waals surface area contributed by atoms with Gasteiger partial charge in [0.1, 0.15) is 50.1 Å². The second-order valence-electron chi connectivity index (χ2n) is 17.7. The van der Waals surface area contributed by atoms with Crippen molar-refractivity contribution >= 4 is 17.9 Å². The molecule has 11 bridgehead atoms. The van der Waals surface area contributed by atoms with Crippen molar-refractivity contribution in [3.05, 3.63) is 72.8 Å². The highest BCUT2D eigenvalue weighted by atomic mass is 16.5. The zero-order chi connectivity index (χ0) is 36.9. The Morgan fingerprint density at radius 3 is 2.15 bits per heavy atom. The number of rotatable bonds is 4. The molecule has 53 heavy (non-hydrogen) atoms. The van der Waals surface area contributed by atoms with E-state index in [9.17, 15) is 14.4 Å². The molecule has 4 fully saturated rings. The van der Waals surface area contributed by atoms with Gasteiger partial charge in [-0.3, -0.25) is 4.79 Å². The third-order valence-corrected chi connectivity index (χ3v) is 14.9. The van der Waals surface area contributed by atoms with E-state index in [1.165, 1.54) is 24.7 Å². The minimum absolute atomic E-state index is 0.0638. The van der Waals surface area contributed by atoms with Crippen LogP contribution in [0, 0.1) is 46.3 Å². The summed E-state index contributed by atoms with van der Waals surface area (Å²) in [5.74, 6) is 2.12. The first-order valence-corrected chi connectivity index (χ1v) is 20.1. The Labute approximate surface area is 313 Å². The molecule has 0 radical (unpaired) electrons. The number of hydrogen-bond donors (Lipinski definition) is 0. The van der Waals surface area contributed by atoms with Crippen molar-refractivity contribution in [1.82, 2.24) is 9.13 Å². The smallest absolute Gasteiger partial charge is 0.348 e. The highest BCUT2D eigenvalue weighted by Gasteiger charge is 2.65. The standard InChI is InChI=1S/C43H58N4O6/c1-29(5-14-39(48)51-4)35-12-13-36-34-11-10-32-21-33-15-16-42(32,2)37(34)22-38(43(35,36)3)53-41(50)26-47-20-18-45(28-47)24-31-8-6-30(7-9-31)23-44-17-19-46(27-44)25-40(49)52-33/h6-9,17-20,27-29,32-38H,5,10-16,21-26H2,1-4H3/q+2/t29-,32-,33-,34+,35-,36+,37+,38+,42+,43-/m1/s1. The van der Waals surface area contributed by atoms with Crippen LogP contribution in [0.1, 0.15) is 96.1 Å². The molecule has 0 amide bonds. The predicted octanol–water partition coefficient (Wildman–Crippen LogP) is 5.66. The van der Waals surface area contributed by atoms with Gasteiger partial charge in [0.15, 0.2) is 13.1 Å². The Morgan fingerprint density at radius 2 is 1.51 bits per heavy atom. The summed E-state index contributed by atoms with van der Waals surface area (Å²) in [7, 11) is 1.46. The van der Waals surface area contributed by atoms with Gasteiger partial charge in [-0.2, -0.15) is 0 Å². The molecule has 10 heteroatoms. The molecule has 3 aliphatic heterocycles. The maximum atomic E-state index is 14.0. The maximum absolute atomic E-state index is 14.0. The van der Waals surface area contributed by atoms with Gasteiger partial charge < -0.3 is 14.2 Å². The van der Waals surface area contributed by atoms with E-state index in [0.717, 1.165) is 51.4 Å². The Kier molecular flexibility index (Phi) is 9.77. The van der Waals surface area contributed by atoms with Crippen molar-refractivity contribution < 1.29 is 37.7 Å². The maximum Gasteiger partial charge on any atom is 0.348 e. The van der Waals surface area contributed by atoms with Gasteiger partial charge in [0.25, 0.3) is 0 Å². The average Bonchev–Trinajstić information content (AvgIpc) is 3.87. The minimum atomic E-state index is -0.194. The summed E-state index contributed by atoms with van der Waals surface area (Å²) >= 11 is 0. The van der Waals surface area contributed by atoms with Crippen LogP contribution in [0.4, 0.5) is 0 Å². The Bertz CT molecular complexity index is 1820. The van der Waals surface area contributed by atoms with Gasteiger partial charge in [-0.1, -0.05) is 45.0 Å². The molecule has 0 spiro atoms. The van der Waals surface area contributed by atoms with E-state index >= 15 is 0 Å². The highest BCUT2D eigenvalue weighted by molar-refractivity contribution is 5.70. The quantitative estimate of drug-likeness (QED) is 0.196. The second kappa shape index (κ2) is 14.4. The van der Waals surface area contributed by atoms with E-state index < -0.39 is 0 Å². The third-order valence-electron chi connectivity index (χ3n) is 14.9. The molecule has 0 N–H and O–H groups in total. The molecule has 10 nitrogen and oxygen atoms in total. The lowest BCUT2D eigenvalue weighted by Gasteiger charge is -2.62. The summed E-state index contributed by atoms with van der Waals surface area (Å²) in [6, 6.07) is 8.58. The van der Waals surface area contributed by atoms with Gasteiger partial charge in [0.05, 0.1) is 7.11 Å². The summed E-state index contributed by atoms with van der Waals surface area (Å²) in [6.45, 7) is 9.00. The van der Waals surface area contributed by atoms with Crippen LogP contribution >= 0.6 is 0 Å². The fraction of sp³-hybridized carbons (Fsp3) is 0.651. The fourth-order valence-electron chi connectivity index (χ4n) is 12.2. The second-order valence-corrected chi connectivity index (χ2v) is 17.7. The first kappa shape index (κ1) is 36.0. The zero-order valence-corrected chi connectivity index (χ0v) is 32.0. The summed E-state index contributed by atoms with van der Waals surface area (Å²) in [6.07, 6.45) is 21.1. The van der Waals surface area contributed by atoms with Crippen LogP contribution in [0.15, 0.2) is 61.7 Å². The normalized spacial score (nSPS) is 34.8. The molecule has 4 saturated carbocycles. The summed E-state index contributed by atoms with van der Waals surface area (Å²) in [5.41, 5.74) is 2.30. The Balaban J connectivity index is 1.09. The molecule has 10 atom stereocenters. The highest BCUT2D eigenvalue weighted by Crippen LogP contribution is 2.69. The minimum Gasteiger partial charge on any atom is -0.469 e. The first-order valence-electron chi connectivity index (χ1n) is 20.1. The van der Waals surface area contributed by atoms with Crippen LogP contribution in [-0.4, -0.2) is 46.4 Å². The van der Waals surface area contributed by atoms with E-state index in [0.29, 0.717) is 55.0 Å². The van der Waals surface area contributed by atoms with E-state index in [-0.39, 0.29) is 54.0 Å². The molecule has 5 heterocycles. The lowest BCUT2D eigenvalue weighted by atomic mass is 9.43. The summed E-state index contributed by atoms with van der Waals surface area (Å²) < 4.78 is 26.0. The third kappa shape index (κ3) is 6.95. The van der Waals surface area contributed by atoms with E-state index in [4.69, 9.17) is 14.2 Å². The lowest BCUT2D eigenvalue weighted by Crippen LogP contribution is -2.59. The average molecular weight is 727 g/mol. The molecule has 10 rings (SSSR count). The monoisotopic (exact) mass is 726 g/mol. The van der Waals surface area contributed by atoms with Crippen LogP contribution < -0.4 is 9.13 Å². The van der Waals surface area contributed by atoms with Crippen molar-refractivity contribution in [3.8, 4) is 0 Å². The van der Waals surface area contributed by atoms with Gasteiger partial charge in [-0.15, -0.1) is 0 Å². The molecular weight excluding hydrogens is 668 g/mol. The zero-order valence-electron chi connectivity index (χ0n) is 32.0. The summed E-state index contributed by atoms with van der Waals surface area (Å²) in [5, 5.41) is 0. The van der Waals surface area contributed by atoms with Gasteiger partial charge in [0.2, 0.25) is 12.7 Å². The Morgan fingerprint density at radius 1 is 0.868 bits per heavy atom. The largest absolute Gasteiger partial charge is 0.469 e. The molecule has 0 unspecified atom stereocenters. The van der Waals surface area contributed by atoms with Gasteiger partial charge >= 0.3 is 17.9 Å². The van der Waals surface area contributed by atoms with Crippen LogP contribution in [0.2, 0.25) is 0 Å². The summed E-state index contributed by atoms with van der Waals surface area (Å²) in [4.78, 5) is 39.4. The molecule has 7 aliphatic rings. The number of imidazole rings is 2. The number of carbonyl (C=O) groups is 3. The Hall–Kier alpha value is -3.95. The molecular formula is C43H58N4O6+2. The number of ether oxygens (including phenoxy) is 3. The number of benzene rings is 1. The number of carbonyl (C=O) groups excluding carboxylic acids is 3. The fourth-order valence-corrected chi connectivity index (χ4v) is 12.2. The van der Waals surface area contributed by atoms with Gasteiger partial charge in [-0.25, -0.2) is 27.9 Å². The van der Waals surface area contributed by atoms with Gasteiger partial charge in [0, 0.05) is 11.8 Å². The molecule has 2 aromatic heterocycles. The number of fused-ring (bicyclic) bond motifs is 4. The van der Waals surface area contributed by atoms with Crippen LogP contribution in [-0.2, 0) is 54.8 Å². The topological polar surface area (TPSA) is 96.5 Å². The first-order chi connectivity index (χ1) is 25.5. The number of hydrogen-bond acceptors (Lipinski definition) is 6. The van der Waals surface area contributed by atoms with Crippen molar-refractivity contribution in [2.45, 2.75) is 123 Å². The van der Waals surface area contributed by atoms with Crippen molar-refractivity contribution in [2.75, 3.05) is 7.11 Å². The van der Waals surface area contributed by atoms with Crippen molar-refractivity contribution in [3.63, 3.8) is 0 Å². The number of nitrogens with zero attached hydrogens (tertiary/aromatic N) is 4. The van der Waals surface area contributed by atoms with Crippen LogP contribution in [0.5, 0.6) is 0 Å². The van der Waals surface area contributed by atoms with Gasteiger partial charge in [-0.05, 0) is 110 Å². The van der Waals surface area contributed by atoms with Crippen LogP contribution in [0.25, 0.3) is 0 Å². The number of esters is 3. The number of methoxy groups -OCH3 is 1. The van der Waals surface area contributed by atoms with E-state index in [1.807, 2.05) is 46.6 Å². The molecule has 4 aliphatic carbocycles. The molecule has 1 aromatic carbocycles.